The average Bonchev–Trinajstić information content (AvgIpc) is 2.64. The van der Waals surface area contributed by atoms with Gasteiger partial charge in [-0.15, -0.1) is 0 Å². The van der Waals surface area contributed by atoms with Gasteiger partial charge in [0.1, 0.15) is 6.61 Å². The van der Waals surface area contributed by atoms with E-state index in [1.807, 2.05) is 6.07 Å². The number of halogens is 1. The molecule has 0 amide bonds. The molecule has 0 N–H and O–H groups in total. The van der Waals surface area contributed by atoms with E-state index in [0.717, 1.165) is 14.7 Å². The van der Waals surface area contributed by atoms with Crippen molar-refractivity contribution in [2.24, 2.45) is 0 Å². The fourth-order valence-corrected chi connectivity index (χ4v) is 2.86. The van der Waals surface area contributed by atoms with Crippen molar-refractivity contribution in [1.82, 2.24) is 0 Å². The molecule has 0 aliphatic rings. The number of methoxy groups -OCH3 is 2. The Bertz CT molecular complexity index is 832. The zero-order valence-corrected chi connectivity index (χ0v) is 16.3. The Morgan fingerprint density at radius 3 is 2.50 bits per heavy atom. The molecule has 0 aliphatic heterocycles. The number of carbonyl (C=O) groups excluding carboxylic acids is 1. The van der Waals surface area contributed by atoms with E-state index in [-0.39, 0.29) is 12.3 Å². The SMILES string of the molecule is COC(=O)/C=C/c1cc(I)c(OCc2ccc([N+](=O)[O-])cc2)c(OC)c1. The first-order valence-corrected chi connectivity index (χ1v) is 8.52. The third kappa shape index (κ3) is 5.19. The van der Waals surface area contributed by atoms with Gasteiger partial charge in [0.15, 0.2) is 11.5 Å². The summed E-state index contributed by atoms with van der Waals surface area (Å²) in [4.78, 5) is 21.4. The summed E-state index contributed by atoms with van der Waals surface area (Å²) in [5, 5.41) is 10.7. The number of nitro groups is 1. The normalized spacial score (nSPS) is 10.6. The summed E-state index contributed by atoms with van der Waals surface area (Å²) in [6.45, 7) is 0.238. The third-order valence-electron chi connectivity index (χ3n) is 3.40. The van der Waals surface area contributed by atoms with Gasteiger partial charge in [0.2, 0.25) is 0 Å². The van der Waals surface area contributed by atoms with Crippen molar-refractivity contribution < 1.29 is 23.9 Å². The molecule has 0 spiro atoms. The van der Waals surface area contributed by atoms with E-state index in [9.17, 15) is 14.9 Å². The second-order valence-corrected chi connectivity index (χ2v) is 6.27. The van der Waals surface area contributed by atoms with Crippen molar-refractivity contribution >= 4 is 40.3 Å². The van der Waals surface area contributed by atoms with Crippen molar-refractivity contribution in [3.05, 3.63) is 67.3 Å². The molecule has 7 nitrogen and oxygen atoms in total. The second-order valence-electron chi connectivity index (χ2n) is 5.10. The van der Waals surface area contributed by atoms with Crippen molar-refractivity contribution in [3.8, 4) is 11.5 Å². The Morgan fingerprint density at radius 1 is 1.23 bits per heavy atom. The summed E-state index contributed by atoms with van der Waals surface area (Å²) in [6.07, 6.45) is 2.94. The number of carbonyl (C=O) groups is 1. The number of nitrogens with zero attached hydrogens (tertiary/aromatic N) is 1. The highest BCUT2D eigenvalue weighted by atomic mass is 127. The van der Waals surface area contributed by atoms with Crippen molar-refractivity contribution in [2.75, 3.05) is 14.2 Å². The lowest BCUT2D eigenvalue weighted by Gasteiger charge is -2.13. The summed E-state index contributed by atoms with van der Waals surface area (Å²) in [7, 11) is 2.84. The van der Waals surface area contributed by atoms with E-state index in [1.165, 1.54) is 32.4 Å². The zero-order valence-electron chi connectivity index (χ0n) is 14.1. The average molecular weight is 469 g/mol. The molecular weight excluding hydrogens is 453 g/mol. The van der Waals surface area contributed by atoms with Crippen LogP contribution in [0.15, 0.2) is 42.5 Å². The van der Waals surface area contributed by atoms with Gasteiger partial charge in [0.05, 0.1) is 22.7 Å². The molecule has 0 aromatic heterocycles. The topological polar surface area (TPSA) is 87.9 Å². The maximum atomic E-state index is 11.2. The molecule has 0 aliphatic carbocycles. The van der Waals surface area contributed by atoms with Crippen LogP contribution in [0.4, 0.5) is 5.69 Å². The molecule has 0 bridgehead atoms. The lowest BCUT2D eigenvalue weighted by molar-refractivity contribution is -0.384. The fraction of sp³-hybridized carbons (Fsp3) is 0.167. The van der Waals surface area contributed by atoms with Gasteiger partial charge in [-0.3, -0.25) is 10.1 Å². The van der Waals surface area contributed by atoms with E-state index in [2.05, 4.69) is 27.3 Å². The quantitative estimate of drug-likeness (QED) is 0.201. The Kier molecular flexibility index (Phi) is 6.96. The van der Waals surface area contributed by atoms with Gasteiger partial charge < -0.3 is 14.2 Å². The van der Waals surface area contributed by atoms with E-state index in [4.69, 9.17) is 9.47 Å². The van der Waals surface area contributed by atoms with Crippen LogP contribution in [0.3, 0.4) is 0 Å². The molecule has 0 heterocycles. The van der Waals surface area contributed by atoms with E-state index in [1.54, 1.807) is 24.3 Å². The van der Waals surface area contributed by atoms with Crippen molar-refractivity contribution in [3.63, 3.8) is 0 Å². The molecule has 26 heavy (non-hydrogen) atoms. The van der Waals surface area contributed by atoms with Crippen LogP contribution >= 0.6 is 22.6 Å². The van der Waals surface area contributed by atoms with Crippen LogP contribution in [-0.4, -0.2) is 25.1 Å². The van der Waals surface area contributed by atoms with Gasteiger partial charge in [0, 0.05) is 18.2 Å². The van der Waals surface area contributed by atoms with Crippen LogP contribution in [0.2, 0.25) is 0 Å². The molecule has 0 saturated carbocycles. The highest BCUT2D eigenvalue weighted by Gasteiger charge is 2.12. The van der Waals surface area contributed by atoms with Gasteiger partial charge in [-0.2, -0.15) is 0 Å². The molecule has 2 rings (SSSR count). The summed E-state index contributed by atoms with van der Waals surface area (Å²) in [5.74, 6) is 0.627. The molecule has 8 heteroatoms. The summed E-state index contributed by atoms with van der Waals surface area (Å²) < 4.78 is 16.6. The number of benzene rings is 2. The number of hydrogen-bond acceptors (Lipinski definition) is 6. The van der Waals surface area contributed by atoms with E-state index < -0.39 is 10.9 Å². The molecule has 2 aromatic rings. The molecule has 2 aromatic carbocycles. The first kappa shape index (κ1) is 19.7. The summed E-state index contributed by atoms with van der Waals surface area (Å²) in [5.41, 5.74) is 1.59. The van der Waals surface area contributed by atoms with Crippen LogP contribution in [0.25, 0.3) is 6.08 Å². The molecule has 0 unspecified atom stereocenters. The Hall–Kier alpha value is -2.62. The summed E-state index contributed by atoms with van der Waals surface area (Å²) >= 11 is 2.11. The maximum Gasteiger partial charge on any atom is 0.330 e. The lowest BCUT2D eigenvalue weighted by Crippen LogP contribution is -2.00. The third-order valence-corrected chi connectivity index (χ3v) is 4.20. The molecule has 0 saturated heterocycles. The van der Waals surface area contributed by atoms with Gasteiger partial charge in [0.25, 0.3) is 5.69 Å². The Labute approximate surface area is 163 Å². The number of non-ortho nitro benzene ring substituents is 1. The largest absolute Gasteiger partial charge is 0.493 e. The Morgan fingerprint density at radius 2 is 1.92 bits per heavy atom. The fourth-order valence-electron chi connectivity index (χ4n) is 2.08. The molecule has 136 valence electrons. The molecule has 0 fully saturated rings. The van der Waals surface area contributed by atoms with Gasteiger partial charge >= 0.3 is 5.97 Å². The molecule has 0 radical (unpaired) electrons. The van der Waals surface area contributed by atoms with Crippen LogP contribution in [-0.2, 0) is 16.1 Å². The maximum absolute atomic E-state index is 11.2. The minimum absolute atomic E-state index is 0.0302. The van der Waals surface area contributed by atoms with Crippen molar-refractivity contribution in [2.45, 2.75) is 6.61 Å². The smallest absolute Gasteiger partial charge is 0.330 e. The number of hydrogen-bond donors (Lipinski definition) is 0. The van der Waals surface area contributed by atoms with Crippen LogP contribution < -0.4 is 9.47 Å². The highest BCUT2D eigenvalue weighted by molar-refractivity contribution is 14.1. The molecular formula is C18H16INO6. The minimum Gasteiger partial charge on any atom is -0.493 e. The lowest BCUT2D eigenvalue weighted by atomic mass is 10.2. The first-order valence-electron chi connectivity index (χ1n) is 7.44. The number of esters is 1. The zero-order chi connectivity index (χ0) is 19.1. The standard InChI is InChI=1S/C18H16INO6/c1-24-16-10-13(5-8-17(21)25-2)9-15(19)18(16)26-11-12-3-6-14(7-4-12)20(22)23/h3-10H,11H2,1-2H3/b8-5+. The van der Waals surface area contributed by atoms with Crippen LogP contribution in [0.1, 0.15) is 11.1 Å². The van der Waals surface area contributed by atoms with Crippen LogP contribution in [0.5, 0.6) is 11.5 Å². The second kappa shape index (κ2) is 9.18. The van der Waals surface area contributed by atoms with Gasteiger partial charge in [-0.05, 0) is 64.1 Å². The number of rotatable bonds is 7. The van der Waals surface area contributed by atoms with E-state index >= 15 is 0 Å². The monoisotopic (exact) mass is 469 g/mol. The molecule has 0 atom stereocenters. The first-order chi connectivity index (χ1) is 12.4. The number of nitro benzene ring substituents is 1. The predicted octanol–water partition coefficient (Wildman–Crippen LogP) is 3.97. The minimum atomic E-state index is -0.447. The van der Waals surface area contributed by atoms with E-state index in [0.29, 0.717) is 11.5 Å². The number of ether oxygens (including phenoxy) is 3. The van der Waals surface area contributed by atoms with Crippen molar-refractivity contribution in [1.29, 1.82) is 0 Å². The van der Waals surface area contributed by atoms with Crippen LogP contribution in [0, 0.1) is 13.7 Å². The van der Waals surface area contributed by atoms with Gasteiger partial charge in [-0.25, -0.2) is 4.79 Å². The van der Waals surface area contributed by atoms with Gasteiger partial charge in [-0.1, -0.05) is 0 Å². The predicted molar refractivity (Wildman–Crippen MR) is 104 cm³/mol. The summed E-state index contributed by atoms with van der Waals surface area (Å²) in [6, 6.07) is 9.74. The highest BCUT2D eigenvalue weighted by Crippen LogP contribution is 2.35. The Balaban J connectivity index is 2.17.